The monoisotopic (exact) mass is 608 g/mol. The summed E-state index contributed by atoms with van der Waals surface area (Å²) in [5.41, 5.74) is 1.30. The second-order valence-corrected chi connectivity index (χ2v) is 16.4. The first-order valence-corrected chi connectivity index (χ1v) is 17.0. The number of carbonyl (C=O) groups excluding carboxylic acids is 2. The number of ketones is 1. The lowest BCUT2D eigenvalue weighted by molar-refractivity contribution is -0.174. The average molecular weight is 609 g/mol. The van der Waals surface area contributed by atoms with Crippen molar-refractivity contribution in [3.8, 4) is 0 Å². The maximum absolute atomic E-state index is 13.7. The molecule has 0 spiro atoms. The van der Waals surface area contributed by atoms with Crippen LogP contribution in [-0.2, 0) is 30.0 Å². The van der Waals surface area contributed by atoms with Crippen LogP contribution in [0, 0.1) is 0 Å². The van der Waals surface area contributed by atoms with Gasteiger partial charge in [0, 0.05) is 0 Å². The molecule has 5 rings (SSSR count). The zero-order valence-electron chi connectivity index (χ0n) is 25.6. The molecule has 0 radical (unpaired) electrons. The van der Waals surface area contributed by atoms with E-state index in [1.807, 2.05) is 72.8 Å². The standard InChI is InChI=1S/C37H40O6Si/c1-37(2,3)44(31-20-12-6-13-21-31,32-22-14-7-15-23-32)41-27-30-24-25-33(40-26-28-16-8-4-9-17-28)34(38)36(42-30)43-35(39)29-18-10-5-11-19-29/h4-23,30,33,36H,24-27H2,1-3H3/t30-,33+,36?/m0/s1. The summed E-state index contributed by atoms with van der Waals surface area (Å²) in [6, 6.07) is 39.1. The topological polar surface area (TPSA) is 71.1 Å². The molecule has 1 saturated heterocycles. The summed E-state index contributed by atoms with van der Waals surface area (Å²) in [7, 11) is -2.85. The third-order valence-corrected chi connectivity index (χ3v) is 13.0. The Labute approximate surface area is 261 Å². The van der Waals surface area contributed by atoms with Crippen LogP contribution >= 0.6 is 0 Å². The largest absolute Gasteiger partial charge is 0.424 e. The molecule has 1 fully saturated rings. The highest BCUT2D eigenvalue weighted by Gasteiger charge is 2.51. The van der Waals surface area contributed by atoms with Gasteiger partial charge in [-0.25, -0.2) is 4.79 Å². The highest BCUT2D eigenvalue weighted by molar-refractivity contribution is 6.99. The first kappa shape index (κ1) is 31.5. The molecular formula is C37H40O6Si. The summed E-state index contributed by atoms with van der Waals surface area (Å²) < 4.78 is 25.3. The van der Waals surface area contributed by atoms with Crippen molar-refractivity contribution in [2.75, 3.05) is 6.61 Å². The third kappa shape index (κ3) is 7.25. The highest BCUT2D eigenvalue weighted by atomic mass is 28.4. The van der Waals surface area contributed by atoms with Gasteiger partial charge < -0.3 is 18.6 Å². The number of hydrogen-bond acceptors (Lipinski definition) is 6. The molecule has 1 unspecified atom stereocenters. The van der Waals surface area contributed by atoms with Crippen LogP contribution in [0.25, 0.3) is 0 Å². The van der Waals surface area contributed by atoms with Gasteiger partial charge in [0.25, 0.3) is 14.6 Å². The van der Waals surface area contributed by atoms with Crippen molar-refractivity contribution in [2.45, 2.75) is 63.8 Å². The van der Waals surface area contributed by atoms with Crippen LogP contribution in [0.3, 0.4) is 0 Å². The molecule has 228 valence electrons. The first-order valence-electron chi connectivity index (χ1n) is 15.1. The smallest absolute Gasteiger partial charge is 0.340 e. The predicted molar refractivity (Wildman–Crippen MR) is 173 cm³/mol. The molecule has 3 atom stereocenters. The minimum absolute atomic E-state index is 0.225. The molecule has 44 heavy (non-hydrogen) atoms. The van der Waals surface area contributed by atoms with Crippen LogP contribution < -0.4 is 10.4 Å². The highest BCUT2D eigenvalue weighted by Crippen LogP contribution is 2.37. The van der Waals surface area contributed by atoms with Crippen molar-refractivity contribution in [1.29, 1.82) is 0 Å². The molecule has 0 saturated carbocycles. The van der Waals surface area contributed by atoms with Crippen LogP contribution in [-0.4, -0.2) is 45.2 Å². The third-order valence-electron chi connectivity index (χ3n) is 8.04. The fourth-order valence-electron chi connectivity index (χ4n) is 5.81. The molecule has 0 amide bonds. The van der Waals surface area contributed by atoms with Crippen molar-refractivity contribution in [2.24, 2.45) is 0 Å². The van der Waals surface area contributed by atoms with Gasteiger partial charge in [0.1, 0.15) is 6.10 Å². The minimum Gasteiger partial charge on any atom is -0.424 e. The molecule has 1 aliphatic rings. The normalized spacial score (nSPS) is 19.2. The summed E-state index contributed by atoms with van der Waals surface area (Å²) in [5, 5.41) is 2.08. The Morgan fingerprint density at radius 1 is 0.773 bits per heavy atom. The molecule has 0 N–H and O–H groups in total. The van der Waals surface area contributed by atoms with Gasteiger partial charge in [0.2, 0.25) is 5.78 Å². The summed E-state index contributed by atoms with van der Waals surface area (Å²) in [6.45, 7) is 7.14. The van der Waals surface area contributed by atoms with Gasteiger partial charge in [-0.1, -0.05) is 130 Å². The Bertz CT molecular complexity index is 1450. The lowest BCUT2D eigenvalue weighted by Gasteiger charge is -2.43. The van der Waals surface area contributed by atoms with E-state index in [0.29, 0.717) is 18.4 Å². The fourth-order valence-corrected chi connectivity index (χ4v) is 10.4. The quantitative estimate of drug-likeness (QED) is 0.161. The van der Waals surface area contributed by atoms with Crippen LogP contribution in [0.4, 0.5) is 0 Å². The maximum Gasteiger partial charge on any atom is 0.340 e. The van der Waals surface area contributed by atoms with E-state index in [4.69, 9.17) is 18.6 Å². The van der Waals surface area contributed by atoms with E-state index < -0.39 is 38.6 Å². The van der Waals surface area contributed by atoms with Gasteiger partial charge in [-0.05, 0) is 45.9 Å². The zero-order chi connectivity index (χ0) is 31.0. The SMILES string of the molecule is CC(C)(C)[Si](OC[C@@H]1CC[C@@H](OCc2ccccc2)C(=O)C(OC(=O)c2ccccc2)O1)(c1ccccc1)c1ccccc1. The molecule has 4 aromatic carbocycles. The first-order chi connectivity index (χ1) is 21.3. The predicted octanol–water partition coefficient (Wildman–Crippen LogP) is 6.08. The van der Waals surface area contributed by atoms with E-state index in [1.165, 1.54) is 0 Å². The number of esters is 1. The van der Waals surface area contributed by atoms with Gasteiger partial charge in [-0.2, -0.15) is 0 Å². The van der Waals surface area contributed by atoms with Gasteiger partial charge in [-0.3, -0.25) is 4.79 Å². The molecule has 1 heterocycles. The molecular weight excluding hydrogens is 568 g/mol. The minimum atomic E-state index is -2.85. The van der Waals surface area contributed by atoms with E-state index in [0.717, 1.165) is 15.9 Å². The van der Waals surface area contributed by atoms with E-state index in [-0.39, 0.29) is 18.3 Å². The maximum atomic E-state index is 13.7. The van der Waals surface area contributed by atoms with Crippen molar-refractivity contribution in [3.05, 3.63) is 132 Å². The Morgan fingerprint density at radius 3 is 1.84 bits per heavy atom. The number of Topliss-reactive ketones (excluding diaryl/α,β-unsaturated/α-hetero) is 1. The van der Waals surface area contributed by atoms with Crippen LogP contribution in [0.5, 0.6) is 0 Å². The van der Waals surface area contributed by atoms with E-state index in [2.05, 4.69) is 45.0 Å². The Morgan fingerprint density at radius 2 is 1.30 bits per heavy atom. The average Bonchev–Trinajstić information content (AvgIpc) is 3.19. The van der Waals surface area contributed by atoms with Crippen molar-refractivity contribution < 1.29 is 28.2 Å². The van der Waals surface area contributed by atoms with Crippen molar-refractivity contribution >= 4 is 30.4 Å². The molecule has 7 heteroatoms. The molecule has 0 bridgehead atoms. The molecule has 4 aromatic rings. The van der Waals surface area contributed by atoms with Crippen LogP contribution in [0.1, 0.15) is 49.5 Å². The Kier molecular flexibility index (Phi) is 10.2. The second-order valence-electron chi connectivity index (χ2n) is 12.1. The van der Waals surface area contributed by atoms with E-state index >= 15 is 0 Å². The Balaban J connectivity index is 1.42. The number of hydrogen-bond donors (Lipinski definition) is 0. The van der Waals surface area contributed by atoms with Crippen LogP contribution in [0.15, 0.2) is 121 Å². The van der Waals surface area contributed by atoms with Gasteiger partial charge in [-0.15, -0.1) is 0 Å². The summed E-state index contributed by atoms with van der Waals surface area (Å²) in [5.74, 6) is -1.03. The summed E-state index contributed by atoms with van der Waals surface area (Å²) in [6.07, 6.45) is -1.79. The molecule has 6 nitrogen and oxygen atoms in total. The molecule has 1 aliphatic heterocycles. The fraction of sp³-hybridized carbons (Fsp3) is 0.297. The van der Waals surface area contributed by atoms with Crippen molar-refractivity contribution in [1.82, 2.24) is 0 Å². The zero-order valence-corrected chi connectivity index (χ0v) is 26.6. The number of rotatable bonds is 10. The second kappa shape index (κ2) is 14.3. The molecule has 0 aromatic heterocycles. The van der Waals surface area contributed by atoms with Gasteiger partial charge >= 0.3 is 5.97 Å². The molecule has 0 aliphatic carbocycles. The van der Waals surface area contributed by atoms with E-state index in [1.54, 1.807) is 24.3 Å². The van der Waals surface area contributed by atoms with Crippen LogP contribution in [0.2, 0.25) is 5.04 Å². The number of ether oxygens (including phenoxy) is 3. The van der Waals surface area contributed by atoms with Crippen molar-refractivity contribution in [3.63, 3.8) is 0 Å². The Hall–Kier alpha value is -3.88. The van der Waals surface area contributed by atoms with Gasteiger partial charge in [0.15, 0.2) is 0 Å². The lowest BCUT2D eigenvalue weighted by atomic mass is 10.1. The lowest BCUT2D eigenvalue weighted by Crippen LogP contribution is -2.67. The summed E-state index contributed by atoms with van der Waals surface area (Å²) in [4.78, 5) is 26.8. The number of benzene rings is 4. The summed E-state index contributed by atoms with van der Waals surface area (Å²) >= 11 is 0. The van der Waals surface area contributed by atoms with Gasteiger partial charge in [0.05, 0.1) is 24.9 Å². The number of carbonyl (C=O) groups is 2. The van der Waals surface area contributed by atoms with E-state index in [9.17, 15) is 9.59 Å².